The van der Waals surface area contributed by atoms with Crippen molar-refractivity contribution >= 4 is 35.0 Å². The molecule has 18 heavy (non-hydrogen) atoms. The molecule has 0 saturated heterocycles. The Hall–Kier alpha value is -1.05. The van der Waals surface area contributed by atoms with Crippen molar-refractivity contribution in [1.82, 2.24) is 5.32 Å². The summed E-state index contributed by atoms with van der Waals surface area (Å²) in [6, 6.07) is 0.573. The van der Waals surface area contributed by atoms with Crippen LogP contribution in [0.1, 0.15) is 20.1 Å². The van der Waals surface area contributed by atoms with Gasteiger partial charge in [-0.3, -0.25) is 4.79 Å². The molecule has 3 N–H and O–H groups in total. The van der Waals surface area contributed by atoms with Crippen LogP contribution in [0, 0.1) is 0 Å². The average molecular weight is 287 g/mol. The highest BCUT2D eigenvalue weighted by atomic mass is 32.2. The highest BCUT2D eigenvalue weighted by Gasteiger charge is 2.22. The Morgan fingerprint density at radius 3 is 2.89 bits per heavy atom. The number of carboxylic acid groups (broad SMARTS) is 1. The predicted molar refractivity (Wildman–Crippen MR) is 70.2 cm³/mol. The minimum atomic E-state index is -1.24. The zero-order chi connectivity index (χ0) is 13.1. The smallest absolute Gasteiger partial charge is 0.328 e. The Kier molecular flexibility index (Phi) is 4.26. The van der Waals surface area contributed by atoms with Crippen molar-refractivity contribution in [1.29, 1.82) is 0 Å². The number of aliphatic hydroxyl groups excluding tert-OH is 1. The molecule has 1 amide bonds. The van der Waals surface area contributed by atoms with E-state index in [9.17, 15) is 9.59 Å². The summed E-state index contributed by atoms with van der Waals surface area (Å²) in [5, 5.41) is 19.9. The highest BCUT2D eigenvalue weighted by molar-refractivity contribution is 7.98. The summed E-state index contributed by atoms with van der Waals surface area (Å²) in [6.07, 6.45) is 0.959. The van der Waals surface area contributed by atoms with Gasteiger partial charge in [-0.15, -0.1) is 11.3 Å². The molecule has 0 radical (unpaired) electrons. The van der Waals surface area contributed by atoms with E-state index in [1.165, 1.54) is 16.2 Å². The van der Waals surface area contributed by atoms with Gasteiger partial charge in [0.15, 0.2) is 6.04 Å². The zero-order valence-corrected chi connectivity index (χ0v) is 11.1. The first kappa shape index (κ1) is 13.4. The van der Waals surface area contributed by atoms with E-state index in [4.69, 9.17) is 10.2 Å². The Morgan fingerprint density at radius 2 is 2.28 bits per heavy atom. The lowest BCUT2D eigenvalue weighted by atomic mass is 10.2. The molecule has 2 heterocycles. The van der Waals surface area contributed by atoms with Gasteiger partial charge < -0.3 is 15.5 Å². The number of thiophene rings is 1. The van der Waals surface area contributed by atoms with Crippen molar-refractivity contribution < 1.29 is 19.8 Å². The Labute approximate surface area is 112 Å². The number of rotatable bonds is 4. The minimum absolute atomic E-state index is 0.430. The molecule has 1 aliphatic heterocycles. The molecule has 98 valence electrons. The molecular weight excluding hydrogens is 274 g/mol. The second kappa shape index (κ2) is 5.73. The molecule has 0 fully saturated rings. The highest BCUT2D eigenvalue weighted by Crippen LogP contribution is 2.31. The number of hydrogen-bond acceptors (Lipinski definition) is 5. The largest absolute Gasteiger partial charge is 0.480 e. The second-order valence-corrected chi connectivity index (χ2v) is 6.15. The van der Waals surface area contributed by atoms with Gasteiger partial charge in [-0.25, -0.2) is 4.79 Å². The standard InChI is InChI=1S/C11H13NO4S2/c13-4-7(11(15)16)12-10(14)9-3-6-5-17-2-1-8(6)18-9/h3,7,13H,1-2,4-5H2,(H,12,14)(H,15,16)/t7-/m1/s1. The average Bonchev–Trinajstić information content (AvgIpc) is 2.79. The first-order valence-corrected chi connectivity index (χ1v) is 7.42. The van der Waals surface area contributed by atoms with Gasteiger partial charge in [0.2, 0.25) is 0 Å². The van der Waals surface area contributed by atoms with Gasteiger partial charge in [-0.2, -0.15) is 11.8 Å². The van der Waals surface area contributed by atoms with Crippen molar-refractivity contribution in [2.75, 3.05) is 12.4 Å². The molecule has 0 aromatic carbocycles. The number of carbonyl (C=O) groups excluding carboxylic acids is 1. The summed E-state index contributed by atoms with van der Waals surface area (Å²) in [5.74, 6) is 0.299. The van der Waals surface area contributed by atoms with Crippen molar-refractivity contribution in [3.05, 3.63) is 21.4 Å². The normalized spacial score (nSPS) is 15.8. The molecular formula is C11H13NO4S2. The lowest BCUT2D eigenvalue weighted by Gasteiger charge is -2.10. The number of aliphatic carboxylic acids is 1. The fourth-order valence-corrected chi connectivity index (χ4v) is 3.95. The molecule has 5 nitrogen and oxygen atoms in total. The molecule has 7 heteroatoms. The number of hydrogen-bond donors (Lipinski definition) is 3. The number of carboxylic acids is 1. The number of thioether (sulfide) groups is 1. The first-order chi connectivity index (χ1) is 8.61. The van der Waals surface area contributed by atoms with Crippen molar-refractivity contribution in [2.45, 2.75) is 18.2 Å². The quantitative estimate of drug-likeness (QED) is 0.759. The maximum absolute atomic E-state index is 11.9. The van der Waals surface area contributed by atoms with Crippen LogP contribution in [0.4, 0.5) is 0 Å². The van der Waals surface area contributed by atoms with Crippen LogP contribution in [-0.2, 0) is 17.0 Å². The van der Waals surface area contributed by atoms with Crippen LogP contribution in [0.5, 0.6) is 0 Å². The van der Waals surface area contributed by atoms with E-state index in [-0.39, 0.29) is 0 Å². The van der Waals surface area contributed by atoms with Crippen LogP contribution >= 0.6 is 23.1 Å². The summed E-state index contributed by atoms with van der Waals surface area (Å²) in [7, 11) is 0. The molecule has 1 aliphatic rings. The zero-order valence-electron chi connectivity index (χ0n) is 9.51. The molecule has 0 saturated carbocycles. The minimum Gasteiger partial charge on any atom is -0.480 e. The summed E-state index contributed by atoms with van der Waals surface area (Å²) < 4.78 is 0. The van der Waals surface area contributed by atoms with Crippen molar-refractivity contribution in [3.63, 3.8) is 0 Å². The second-order valence-electron chi connectivity index (χ2n) is 3.91. The van der Waals surface area contributed by atoms with E-state index in [2.05, 4.69) is 5.32 Å². The van der Waals surface area contributed by atoms with Crippen LogP contribution < -0.4 is 5.32 Å². The van der Waals surface area contributed by atoms with E-state index < -0.39 is 24.5 Å². The van der Waals surface area contributed by atoms with Crippen LogP contribution in [0.25, 0.3) is 0 Å². The summed E-state index contributed by atoms with van der Waals surface area (Å²) >= 11 is 3.23. The third kappa shape index (κ3) is 2.85. The third-order valence-corrected chi connectivity index (χ3v) is 4.88. The Balaban J connectivity index is 2.09. The van der Waals surface area contributed by atoms with Gasteiger partial charge >= 0.3 is 5.97 Å². The fraction of sp³-hybridized carbons (Fsp3) is 0.455. The predicted octanol–water partition coefficient (Wildman–Crippen LogP) is 0.713. The van der Waals surface area contributed by atoms with Gasteiger partial charge in [0.25, 0.3) is 5.91 Å². The molecule has 0 spiro atoms. The summed E-state index contributed by atoms with van der Waals surface area (Å²) in [6.45, 7) is -0.609. The number of amides is 1. The van der Waals surface area contributed by atoms with E-state index >= 15 is 0 Å². The number of fused-ring (bicyclic) bond motifs is 1. The van der Waals surface area contributed by atoms with Crippen LogP contribution in [0.15, 0.2) is 6.07 Å². The van der Waals surface area contributed by atoms with E-state index in [0.29, 0.717) is 4.88 Å². The monoisotopic (exact) mass is 287 g/mol. The third-order valence-electron chi connectivity index (χ3n) is 2.64. The van der Waals surface area contributed by atoms with Gasteiger partial charge in [0.05, 0.1) is 11.5 Å². The maximum atomic E-state index is 11.9. The van der Waals surface area contributed by atoms with Crippen LogP contribution in [0.2, 0.25) is 0 Å². The van der Waals surface area contributed by atoms with Gasteiger partial charge in [-0.1, -0.05) is 0 Å². The van der Waals surface area contributed by atoms with Gasteiger partial charge in [0.1, 0.15) is 0 Å². The van der Waals surface area contributed by atoms with E-state index in [1.807, 2.05) is 17.8 Å². The SMILES string of the molecule is O=C(N[C@H](CO)C(=O)O)c1cc2c(s1)CCSC2. The Morgan fingerprint density at radius 1 is 1.50 bits per heavy atom. The van der Waals surface area contributed by atoms with E-state index in [1.54, 1.807) is 0 Å². The van der Waals surface area contributed by atoms with Gasteiger partial charge in [0, 0.05) is 10.6 Å². The lowest BCUT2D eigenvalue weighted by Crippen LogP contribution is -2.43. The molecule has 1 atom stereocenters. The fourth-order valence-electron chi connectivity index (χ4n) is 1.67. The van der Waals surface area contributed by atoms with Crippen LogP contribution in [0.3, 0.4) is 0 Å². The molecule has 0 unspecified atom stereocenters. The molecule has 0 aliphatic carbocycles. The molecule has 1 aromatic heterocycles. The number of aliphatic hydroxyl groups is 1. The van der Waals surface area contributed by atoms with E-state index in [0.717, 1.165) is 23.5 Å². The topological polar surface area (TPSA) is 86.6 Å². The summed E-state index contributed by atoms with van der Waals surface area (Å²) in [5.41, 5.74) is 1.16. The summed E-state index contributed by atoms with van der Waals surface area (Å²) in [4.78, 5) is 24.3. The number of aryl methyl sites for hydroxylation is 1. The van der Waals surface area contributed by atoms with Crippen molar-refractivity contribution in [3.8, 4) is 0 Å². The number of nitrogens with one attached hydrogen (secondary N) is 1. The maximum Gasteiger partial charge on any atom is 0.328 e. The van der Waals surface area contributed by atoms with Crippen molar-refractivity contribution in [2.24, 2.45) is 0 Å². The Bertz CT molecular complexity index is 448. The molecule has 2 rings (SSSR count). The van der Waals surface area contributed by atoms with Gasteiger partial charge in [-0.05, 0) is 23.8 Å². The number of carbonyl (C=O) groups is 2. The van der Waals surface area contributed by atoms with Crippen LogP contribution in [-0.4, -0.2) is 40.5 Å². The molecule has 1 aromatic rings. The molecule has 0 bridgehead atoms. The lowest BCUT2D eigenvalue weighted by molar-refractivity contribution is -0.140. The first-order valence-electron chi connectivity index (χ1n) is 5.45.